The highest BCUT2D eigenvalue weighted by atomic mass is 32.1. The third kappa shape index (κ3) is 5.48. The predicted octanol–water partition coefficient (Wildman–Crippen LogP) is 6.86. The summed E-state index contributed by atoms with van der Waals surface area (Å²) in [7, 11) is 0. The number of hydrogen-bond donors (Lipinski definition) is 3. The highest BCUT2D eigenvalue weighted by molar-refractivity contribution is 7.16. The number of piperidine rings is 1. The van der Waals surface area contributed by atoms with Crippen LogP contribution in [-0.2, 0) is 10.2 Å². The Morgan fingerprint density at radius 1 is 1.18 bits per heavy atom. The van der Waals surface area contributed by atoms with E-state index >= 15 is 0 Å². The molecule has 2 fully saturated rings. The first-order valence-electron chi connectivity index (χ1n) is 14.6. The number of anilines is 4. The summed E-state index contributed by atoms with van der Waals surface area (Å²) in [6.45, 7) is 11.5. The van der Waals surface area contributed by atoms with E-state index in [9.17, 15) is 9.18 Å². The fourth-order valence-corrected chi connectivity index (χ4v) is 8.08. The van der Waals surface area contributed by atoms with Gasteiger partial charge >= 0.3 is 0 Å². The van der Waals surface area contributed by atoms with Crippen LogP contribution in [0, 0.1) is 17.7 Å². The number of carbonyl (C=O) groups is 1. The molecule has 2 aliphatic rings. The molecule has 1 aromatic heterocycles. The van der Waals surface area contributed by atoms with E-state index in [2.05, 4.69) is 72.5 Å². The number of ketones is 1. The number of nitrogens with two attached hydrogens (primary N) is 1. The van der Waals surface area contributed by atoms with Gasteiger partial charge in [0.1, 0.15) is 17.4 Å². The molecule has 0 bridgehead atoms. The molecule has 3 atom stereocenters. The third-order valence-corrected chi connectivity index (χ3v) is 9.97. The van der Waals surface area contributed by atoms with Crippen molar-refractivity contribution in [2.75, 3.05) is 35.6 Å². The Morgan fingerprint density at radius 2 is 1.90 bits per heavy atom. The van der Waals surface area contributed by atoms with Gasteiger partial charge in [0.05, 0.1) is 10.3 Å². The van der Waals surface area contributed by atoms with Gasteiger partial charge in [-0.1, -0.05) is 51.2 Å². The number of halogens is 1. The van der Waals surface area contributed by atoms with Crippen LogP contribution in [-0.4, -0.2) is 36.4 Å². The fourth-order valence-electron chi connectivity index (χ4n) is 6.99. The molecule has 0 spiro atoms. The highest BCUT2D eigenvalue weighted by Crippen LogP contribution is 2.55. The van der Waals surface area contributed by atoms with Crippen LogP contribution in [0.25, 0.3) is 0 Å². The van der Waals surface area contributed by atoms with Crippen molar-refractivity contribution in [2.45, 2.75) is 70.8 Å². The molecule has 3 aromatic rings. The van der Waals surface area contributed by atoms with Crippen LogP contribution < -0.4 is 21.3 Å². The Kier molecular flexibility index (Phi) is 8.47. The summed E-state index contributed by atoms with van der Waals surface area (Å²) in [4.78, 5) is 21.9. The molecule has 2 aromatic carbocycles. The van der Waals surface area contributed by atoms with Crippen molar-refractivity contribution >= 4 is 39.4 Å². The Hall–Kier alpha value is -2.97. The second-order valence-electron chi connectivity index (χ2n) is 11.8. The zero-order valence-electron chi connectivity index (χ0n) is 24.0. The van der Waals surface area contributed by atoms with Crippen molar-refractivity contribution in [2.24, 2.45) is 11.8 Å². The summed E-state index contributed by atoms with van der Waals surface area (Å²) in [5.74, 6) is 0.280. The molecule has 1 saturated carbocycles. The lowest BCUT2D eigenvalue weighted by atomic mass is 9.54. The number of nitrogens with zero attached hydrogens (tertiary/aromatic N) is 2. The summed E-state index contributed by atoms with van der Waals surface area (Å²) in [5, 5.41) is 7.71. The van der Waals surface area contributed by atoms with Gasteiger partial charge in [-0.05, 0) is 79.6 Å². The third-order valence-electron chi connectivity index (χ3n) is 8.86. The Labute approximate surface area is 241 Å². The maximum Gasteiger partial charge on any atom is 0.189 e. The van der Waals surface area contributed by atoms with Crippen molar-refractivity contribution in [3.8, 4) is 0 Å². The first-order chi connectivity index (χ1) is 19.2. The van der Waals surface area contributed by atoms with Gasteiger partial charge < -0.3 is 21.3 Å². The Bertz CT molecular complexity index is 1320. The summed E-state index contributed by atoms with van der Waals surface area (Å²) < 4.78 is 14.4. The fraction of sp³-hybridized carbons (Fsp3) is 0.500. The van der Waals surface area contributed by atoms with Gasteiger partial charge in [-0.15, -0.1) is 0 Å². The molecule has 0 amide bonds. The predicted molar refractivity (Wildman–Crippen MR) is 164 cm³/mol. The van der Waals surface area contributed by atoms with Crippen LogP contribution in [0.2, 0.25) is 0 Å². The number of hydrogen-bond acceptors (Lipinski definition) is 7. The van der Waals surface area contributed by atoms with E-state index in [0.717, 1.165) is 55.0 Å². The van der Waals surface area contributed by atoms with Crippen LogP contribution >= 0.6 is 11.3 Å². The summed E-state index contributed by atoms with van der Waals surface area (Å²) in [6, 6.07) is 15.7. The van der Waals surface area contributed by atoms with Crippen LogP contribution in [0.5, 0.6) is 0 Å². The van der Waals surface area contributed by atoms with Crippen LogP contribution in [0.1, 0.15) is 69.7 Å². The largest absolute Gasteiger partial charge is 0.383 e. The van der Waals surface area contributed by atoms with Gasteiger partial charge in [0.2, 0.25) is 0 Å². The maximum atomic E-state index is 14.4. The number of rotatable bonds is 8. The van der Waals surface area contributed by atoms with Crippen molar-refractivity contribution in [3.63, 3.8) is 0 Å². The molecule has 0 radical (unpaired) electrons. The summed E-state index contributed by atoms with van der Waals surface area (Å²) in [6.07, 6.45) is 3.59. The lowest BCUT2D eigenvalue weighted by Gasteiger charge is -2.47. The number of carbonyl (C=O) groups excluding carboxylic acids is 1. The van der Waals surface area contributed by atoms with Crippen LogP contribution in [0.3, 0.4) is 0 Å². The molecule has 1 aliphatic carbocycles. The summed E-state index contributed by atoms with van der Waals surface area (Å²) >= 11 is 1.51. The zero-order valence-corrected chi connectivity index (χ0v) is 24.9. The molecule has 2 heterocycles. The van der Waals surface area contributed by atoms with Gasteiger partial charge in [0.25, 0.3) is 0 Å². The number of nitrogens with one attached hydrogen (secondary N) is 2. The second kappa shape index (κ2) is 11.9. The molecule has 1 aliphatic heterocycles. The molecule has 40 heavy (non-hydrogen) atoms. The van der Waals surface area contributed by atoms with Gasteiger partial charge in [-0.3, -0.25) is 4.79 Å². The minimum atomic E-state index is -0.853. The van der Waals surface area contributed by atoms with Crippen molar-refractivity contribution in [3.05, 3.63) is 64.8 Å². The lowest BCUT2D eigenvalue weighted by Crippen LogP contribution is -2.50. The van der Waals surface area contributed by atoms with E-state index in [-0.39, 0.29) is 29.4 Å². The Morgan fingerprint density at radius 3 is 2.55 bits per heavy atom. The molecule has 8 heteroatoms. The first-order valence-corrected chi connectivity index (χ1v) is 15.4. The van der Waals surface area contributed by atoms with Crippen LogP contribution in [0.15, 0.2) is 48.5 Å². The number of aromatic nitrogens is 1. The maximum absolute atomic E-state index is 14.4. The number of benzene rings is 2. The standard InChI is InChI=1S/C32H42FN5OS/c1-5-35-24-13-15-38(16-14-24)26-11-9-25(10-12-26)36-31-37-30(34)29(40-31)27-17-21(4)18-28(39)32(27,20(2)3)22-7-6-8-23(33)19-22/h6-12,19-21,24,27,35H,5,13-18,34H2,1-4H3,(H,36,37). The monoisotopic (exact) mass is 563 g/mol. The van der Waals surface area contributed by atoms with E-state index < -0.39 is 5.41 Å². The highest BCUT2D eigenvalue weighted by Gasteiger charge is 2.54. The average molecular weight is 564 g/mol. The van der Waals surface area contributed by atoms with Gasteiger partial charge in [0, 0.05) is 42.8 Å². The van der Waals surface area contributed by atoms with Crippen molar-refractivity contribution in [1.82, 2.24) is 10.3 Å². The molecule has 1 saturated heterocycles. The number of thiazole rings is 1. The molecular formula is C32H42FN5OS. The van der Waals surface area contributed by atoms with E-state index in [0.29, 0.717) is 23.4 Å². The van der Waals surface area contributed by atoms with E-state index in [4.69, 9.17) is 5.73 Å². The molecule has 4 N–H and O–H groups in total. The van der Waals surface area contributed by atoms with Crippen molar-refractivity contribution in [1.29, 1.82) is 0 Å². The average Bonchev–Trinajstić information content (AvgIpc) is 3.28. The van der Waals surface area contributed by atoms with Crippen LogP contribution in [0.4, 0.5) is 26.7 Å². The van der Waals surface area contributed by atoms with Gasteiger partial charge in [-0.2, -0.15) is 0 Å². The smallest absolute Gasteiger partial charge is 0.189 e. The van der Waals surface area contributed by atoms with Crippen molar-refractivity contribution < 1.29 is 9.18 Å². The quantitative estimate of drug-likeness (QED) is 0.278. The molecule has 3 unspecified atom stereocenters. The van der Waals surface area contributed by atoms with Gasteiger partial charge in [0.15, 0.2) is 5.13 Å². The SMILES string of the molecule is CCNC1CCN(c2ccc(Nc3nc(N)c(C4CC(C)CC(=O)C4(c4cccc(F)c4)C(C)C)s3)cc2)CC1. The Balaban J connectivity index is 1.39. The minimum absolute atomic E-state index is 0.0347. The van der Waals surface area contributed by atoms with Gasteiger partial charge in [-0.25, -0.2) is 9.37 Å². The lowest BCUT2D eigenvalue weighted by molar-refractivity contribution is -0.131. The zero-order chi connectivity index (χ0) is 28.4. The molecular weight excluding hydrogens is 521 g/mol. The molecule has 6 nitrogen and oxygen atoms in total. The number of nitrogen functional groups attached to an aromatic ring is 1. The normalized spacial score (nSPS) is 24.1. The molecule has 214 valence electrons. The van der Waals surface area contributed by atoms with E-state index in [1.807, 2.05) is 6.07 Å². The topological polar surface area (TPSA) is 83.3 Å². The molecule has 5 rings (SSSR count). The number of Topliss-reactive ketones (excluding diaryl/α,β-unsaturated/α-hetero) is 1. The second-order valence-corrected chi connectivity index (χ2v) is 12.8. The van der Waals surface area contributed by atoms with E-state index in [1.54, 1.807) is 6.07 Å². The summed E-state index contributed by atoms with van der Waals surface area (Å²) in [5.41, 5.74) is 8.62. The van der Waals surface area contributed by atoms with E-state index in [1.165, 1.54) is 29.2 Å². The first kappa shape index (κ1) is 28.6. The minimum Gasteiger partial charge on any atom is -0.383 e.